The van der Waals surface area contributed by atoms with Gasteiger partial charge in [0.1, 0.15) is 0 Å². The number of methoxy groups -OCH3 is 1. The summed E-state index contributed by atoms with van der Waals surface area (Å²) in [6.07, 6.45) is 0.251. The van der Waals surface area contributed by atoms with E-state index in [2.05, 4.69) is 19.2 Å². The molecule has 0 saturated heterocycles. The molecule has 1 amide bonds. The number of rotatable bonds is 7. The van der Waals surface area contributed by atoms with Crippen LogP contribution in [0.1, 0.15) is 19.4 Å². The molecule has 0 fully saturated rings. The molecule has 4 heteroatoms. The van der Waals surface area contributed by atoms with Crippen molar-refractivity contribution in [3.05, 3.63) is 29.8 Å². The zero-order valence-corrected chi connectivity index (χ0v) is 11.3. The first kappa shape index (κ1) is 14.5. The quantitative estimate of drug-likeness (QED) is 0.775. The van der Waals surface area contributed by atoms with Gasteiger partial charge in [-0.3, -0.25) is 4.79 Å². The second-order valence-electron chi connectivity index (χ2n) is 4.75. The van der Waals surface area contributed by atoms with Gasteiger partial charge in [0.25, 0.3) is 0 Å². The Morgan fingerprint density at radius 1 is 1.39 bits per heavy atom. The van der Waals surface area contributed by atoms with Crippen LogP contribution < -0.4 is 11.1 Å². The molecule has 0 aliphatic rings. The maximum atomic E-state index is 11.0. The van der Waals surface area contributed by atoms with Gasteiger partial charge in [-0.25, -0.2) is 0 Å². The fourth-order valence-corrected chi connectivity index (χ4v) is 1.78. The van der Waals surface area contributed by atoms with Crippen molar-refractivity contribution in [2.24, 2.45) is 11.7 Å². The van der Waals surface area contributed by atoms with Crippen LogP contribution in [-0.4, -0.2) is 25.7 Å². The van der Waals surface area contributed by atoms with E-state index < -0.39 is 0 Å². The standard InChI is InChI=1S/C14H22N2O2/c1-10(2)13(9-18-3)16-12-7-5-4-6-11(12)8-14(15)17/h4-7,10,13,16H,8-9H2,1-3H3,(H2,15,17). The Kier molecular flexibility index (Phi) is 5.65. The van der Waals surface area contributed by atoms with Crippen LogP contribution in [0, 0.1) is 5.92 Å². The van der Waals surface area contributed by atoms with E-state index >= 15 is 0 Å². The summed E-state index contributed by atoms with van der Waals surface area (Å²) in [4.78, 5) is 11.0. The van der Waals surface area contributed by atoms with Gasteiger partial charge < -0.3 is 15.8 Å². The highest BCUT2D eigenvalue weighted by atomic mass is 16.5. The molecule has 1 rings (SSSR count). The first-order valence-corrected chi connectivity index (χ1v) is 6.16. The molecule has 1 aromatic rings. The lowest BCUT2D eigenvalue weighted by atomic mass is 10.0. The third-order valence-corrected chi connectivity index (χ3v) is 2.87. The van der Waals surface area contributed by atoms with Gasteiger partial charge in [0.2, 0.25) is 5.91 Å². The smallest absolute Gasteiger partial charge is 0.221 e. The summed E-state index contributed by atoms with van der Waals surface area (Å²) in [6, 6.07) is 7.94. The lowest BCUT2D eigenvalue weighted by molar-refractivity contribution is -0.117. The summed E-state index contributed by atoms with van der Waals surface area (Å²) < 4.78 is 5.20. The molecule has 100 valence electrons. The van der Waals surface area contributed by atoms with Gasteiger partial charge in [-0.2, -0.15) is 0 Å². The minimum Gasteiger partial charge on any atom is -0.383 e. The Labute approximate surface area is 109 Å². The van der Waals surface area contributed by atoms with Gasteiger partial charge in [-0.05, 0) is 17.5 Å². The second-order valence-corrected chi connectivity index (χ2v) is 4.75. The monoisotopic (exact) mass is 250 g/mol. The van der Waals surface area contributed by atoms with Crippen LogP contribution in [0.3, 0.4) is 0 Å². The SMILES string of the molecule is COCC(Nc1ccccc1CC(N)=O)C(C)C. The number of ether oxygens (including phenoxy) is 1. The number of hydrogen-bond donors (Lipinski definition) is 2. The number of nitrogens with one attached hydrogen (secondary N) is 1. The molecule has 3 N–H and O–H groups in total. The number of carbonyl (C=O) groups is 1. The highest BCUT2D eigenvalue weighted by Gasteiger charge is 2.14. The summed E-state index contributed by atoms with van der Waals surface area (Å²) in [5.74, 6) is 0.115. The first-order chi connectivity index (χ1) is 8.54. The van der Waals surface area contributed by atoms with Crippen LogP contribution in [0.15, 0.2) is 24.3 Å². The van der Waals surface area contributed by atoms with Crippen molar-refractivity contribution < 1.29 is 9.53 Å². The number of carbonyl (C=O) groups excluding carboxylic acids is 1. The minimum atomic E-state index is -0.322. The predicted molar refractivity (Wildman–Crippen MR) is 73.5 cm³/mol. The van der Waals surface area contributed by atoms with Gasteiger partial charge in [0.05, 0.1) is 19.1 Å². The number of benzene rings is 1. The molecule has 1 aromatic carbocycles. The number of nitrogens with two attached hydrogens (primary N) is 1. The van der Waals surface area contributed by atoms with E-state index in [9.17, 15) is 4.79 Å². The summed E-state index contributed by atoms with van der Waals surface area (Å²) in [6.45, 7) is 4.89. The Morgan fingerprint density at radius 3 is 2.61 bits per heavy atom. The highest BCUT2D eigenvalue weighted by Crippen LogP contribution is 2.19. The van der Waals surface area contributed by atoms with Crippen LogP contribution >= 0.6 is 0 Å². The van der Waals surface area contributed by atoms with Crippen LogP contribution in [0.5, 0.6) is 0 Å². The van der Waals surface area contributed by atoms with E-state index in [1.54, 1.807) is 7.11 Å². The molecule has 0 heterocycles. The molecule has 0 aromatic heterocycles. The van der Waals surface area contributed by atoms with Crippen LogP contribution in [0.4, 0.5) is 5.69 Å². The fourth-order valence-electron chi connectivity index (χ4n) is 1.78. The third kappa shape index (κ3) is 4.37. The number of hydrogen-bond acceptors (Lipinski definition) is 3. The molecule has 0 radical (unpaired) electrons. The molecule has 4 nitrogen and oxygen atoms in total. The highest BCUT2D eigenvalue weighted by molar-refractivity contribution is 5.78. The number of primary amides is 1. The summed E-state index contributed by atoms with van der Waals surface area (Å²) in [5, 5.41) is 3.42. The Bertz CT molecular complexity index is 391. The summed E-state index contributed by atoms with van der Waals surface area (Å²) >= 11 is 0. The summed E-state index contributed by atoms with van der Waals surface area (Å²) in [5.41, 5.74) is 7.13. The molecular formula is C14H22N2O2. The van der Waals surface area contributed by atoms with E-state index in [-0.39, 0.29) is 18.4 Å². The average Bonchev–Trinajstić information content (AvgIpc) is 2.30. The van der Waals surface area contributed by atoms with E-state index in [1.165, 1.54) is 0 Å². The molecular weight excluding hydrogens is 228 g/mol. The molecule has 0 spiro atoms. The summed E-state index contributed by atoms with van der Waals surface area (Å²) in [7, 11) is 1.69. The van der Waals surface area contributed by atoms with Crippen molar-refractivity contribution in [1.29, 1.82) is 0 Å². The minimum absolute atomic E-state index is 0.212. The molecule has 0 saturated carbocycles. The van der Waals surface area contributed by atoms with E-state index in [1.807, 2.05) is 24.3 Å². The molecule has 1 atom stereocenters. The number of anilines is 1. The van der Waals surface area contributed by atoms with E-state index in [0.717, 1.165) is 11.3 Å². The van der Waals surface area contributed by atoms with Crippen LogP contribution in [0.25, 0.3) is 0 Å². The normalized spacial score (nSPS) is 12.4. The zero-order chi connectivity index (χ0) is 13.5. The predicted octanol–water partition coefficient (Wildman–Crippen LogP) is 1.80. The topological polar surface area (TPSA) is 64.3 Å². The Balaban J connectivity index is 2.84. The lowest BCUT2D eigenvalue weighted by Crippen LogP contribution is -2.31. The molecule has 1 unspecified atom stereocenters. The maximum Gasteiger partial charge on any atom is 0.221 e. The molecule has 0 bridgehead atoms. The fraction of sp³-hybridized carbons (Fsp3) is 0.500. The lowest BCUT2D eigenvalue weighted by Gasteiger charge is -2.24. The van der Waals surface area contributed by atoms with Crippen molar-refractivity contribution in [1.82, 2.24) is 0 Å². The number of para-hydroxylation sites is 1. The van der Waals surface area contributed by atoms with Gasteiger partial charge in [-0.15, -0.1) is 0 Å². The first-order valence-electron chi connectivity index (χ1n) is 6.16. The van der Waals surface area contributed by atoms with Crippen molar-refractivity contribution in [3.8, 4) is 0 Å². The van der Waals surface area contributed by atoms with Crippen molar-refractivity contribution >= 4 is 11.6 Å². The van der Waals surface area contributed by atoms with E-state index in [0.29, 0.717) is 12.5 Å². The van der Waals surface area contributed by atoms with Gasteiger partial charge in [0.15, 0.2) is 0 Å². The van der Waals surface area contributed by atoms with Crippen LogP contribution in [0.2, 0.25) is 0 Å². The largest absolute Gasteiger partial charge is 0.383 e. The average molecular weight is 250 g/mol. The maximum absolute atomic E-state index is 11.0. The third-order valence-electron chi connectivity index (χ3n) is 2.87. The number of amides is 1. The van der Waals surface area contributed by atoms with Gasteiger partial charge in [0, 0.05) is 12.8 Å². The molecule has 0 aliphatic heterocycles. The molecule has 18 heavy (non-hydrogen) atoms. The van der Waals surface area contributed by atoms with Crippen molar-refractivity contribution in [3.63, 3.8) is 0 Å². The Hall–Kier alpha value is -1.55. The van der Waals surface area contributed by atoms with Gasteiger partial charge in [-0.1, -0.05) is 32.0 Å². The van der Waals surface area contributed by atoms with Gasteiger partial charge >= 0.3 is 0 Å². The van der Waals surface area contributed by atoms with Crippen LogP contribution in [-0.2, 0) is 16.0 Å². The zero-order valence-electron chi connectivity index (χ0n) is 11.3. The Morgan fingerprint density at radius 2 is 2.06 bits per heavy atom. The second kappa shape index (κ2) is 7.01. The molecule has 0 aliphatic carbocycles. The van der Waals surface area contributed by atoms with E-state index in [4.69, 9.17) is 10.5 Å². The van der Waals surface area contributed by atoms with Crippen molar-refractivity contribution in [2.75, 3.05) is 19.0 Å². The van der Waals surface area contributed by atoms with Crippen molar-refractivity contribution in [2.45, 2.75) is 26.3 Å².